The van der Waals surface area contributed by atoms with Gasteiger partial charge in [-0.15, -0.1) is 11.3 Å². The maximum Gasteiger partial charge on any atom is 0.343 e. The van der Waals surface area contributed by atoms with E-state index in [-0.39, 0.29) is 28.4 Å². The quantitative estimate of drug-likeness (QED) is 0.210. The van der Waals surface area contributed by atoms with Gasteiger partial charge in [-0.3, -0.25) is 18.5 Å². The molecule has 0 bridgehead atoms. The van der Waals surface area contributed by atoms with E-state index in [2.05, 4.69) is 20.6 Å². The number of carbonyl (C=O) groups excluding carboxylic acids is 1. The molecule has 0 spiro atoms. The Labute approximate surface area is 277 Å². The number of benzene rings is 2. The summed E-state index contributed by atoms with van der Waals surface area (Å²) in [7, 11) is 2.42. The molecule has 0 fully saturated rings. The average molecular weight is 700 g/mol. The van der Waals surface area contributed by atoms with Crippen molar-refractivity contribution >= 4 is 49.1 Å². The monoisotopic (exact) mass is 699 g/mol. The third-order valence-corrected chi connectivity index (χ3v) is 9.78. The smallest absolute Gasteiger partial charge is 0.306 e. The molecule has 5 rings (SSSR count). The summed E-state index contributed by atoms with van der Waals surface area (Å²) >= 11 is 1.10. The molecule has 252 valence electrons. The predicted molar refractivity (Wildman–Crippen MR) is 180 cm³/mol. The van der Waals surface area contributed by atoms with Gasteiger partial charge in [0.2, 0.25) is 10.0 Å². The van der Waals surface area contributed by atoms with Gasteiger partial charge in [-0.25, -0.2) is 41.8 Å². The molecule has 2 aromatic carbocycles. The number of pyridine rings is 1. The van der Waals surface area contributed by atoms with Crippen LogP contribution in [0.5, 0.6) is 0 Å². The number of hydrogen-bond acceptors (Lipinski definition) is 9. The molecule has 0 unspecified atom stereocenters. The molecule has 0 saturated heterocycles. The highest BCUT2D eigenvalue weighted by molar-refractivity contribution is 7.92. The van der Waals surface area contributed by atoms with E-state index in [4.69, 9.17) is 0 Å². The average Bonchev–Trinajstić information content (AvgIpc) is 3.39. The second-order valence-electron chi connectivity index (χ2n) is 11.0. The molecule has 2 amide bonds. The highest BCUT2D eigenvalue weighted by Crippen LogP contribution is 2.38. The maximum absolute atomic E-state index is 15.0. The van der Waals surface area contributed by atoms with Gasteiger partial charge in [0.1, 0.15) is 28.1 Å². The van der Waals surface area contributed by atoms with Crippen LogP contribution >= 0.6 is 11.3 Å². The standard InChI is InChI=1S/C31H31F2N7O6S2/c1-37(2)16-21-26-28(41)40(25-11-7-10-24(35-25)38(3)48(5,44)45)31(43)39(17-20-22(32)8-6-9-23(20)33)29(26)47-27(21)18-12-14-19(15-13-18)34-30(42)36-46-4/h6-15H,16-17H2,1-5H3,(H2,34,36,42). The highest BCUT2D eigenvalue weighted by atomic mass is 32.2. The summed E-state index contributed by atoms with van der Waals surface area (Å²) in [5.41, 5.74) is 1.70. The zero-order chi connectivity index (χ0) is 34.9. The molecular formula is C31H31F2N7O6S2. The lowest BCUT2D eigenvalue weighted by atomic mass is 10.1. The number of hydroxylamine groups is 1. The minimum absolute atomic E-state index is 0.0551. The number of nitrogens with zero attached hydrogens (tertiary/aromatic N) is 5. The fourth-order valence-corrected chi connectivity index (χ4v) is 6.73. The van der Waals surface area contributed by atoms with E-state index in [1.54, 1.807) is 38.4 Å². The predicted octanol–water partition coefficient (Wildman–Crippen LogP) is 3.74. The summed E-state index contributed by atoms with van der Waals surface area (Å²) in [6.45, 7) is -0.326. The number of urea groups is 1. The summed E-state index contributed by atoms with van der Waals surface area (Å²) in [6, 6.07) is 13.7. The number of amides is 2. The number of carbonyl (C=O) groups is 1. The Bertz CT molecular complexity index is 2230. The van der Waals surface area contributed by atoms with Crippen molar-refractivity contribution in [2.75, 3.05) is 44.1 Å². The van der Waals surface area contributed by atoms with Crippen LogP contribution in [0, 0.1) is 11.6 Å². The number of aromatic nitrogens is 3. The third-order valence-electron chi connectivity index (χ3n) is 7.29. The lowest BCUT2D eigenvalue weighted by Crippen LogP contribution is -2.40. The molecule has 3 heterocycles. The normalized spacial score (nSPS) is 11.7. The van der Waals surface area contributed by atoms with Crippen molar-refractivity contribution in [1.29, 1.82) is 0 Å². The number of fused-ring (bicyclic) bond motifs is 1. The van der Waals surface area contributed by atoms with Crippen LogP contribution in [-0.2, 0) is 28.0 Å². The fraction of sp³-hybridized carbons (Fsp3) is 0.226. The minimum Gasteiger partial charge on any atom is -0.306 e. The third kappa shape index (κ3) is 6.84. The van der Waals surface area contributed by atoms with E-state index >= 15 is 0 Å². The van der Waals surface area contributed by atoms with Gasteiger partial charge in [-0.05, 0) is 61.6 Å². The Kier molecular flexibility index (Phi) is 9.76. The van der Waals surface area contributed by atoms with E-state index in [9.17, 15) is 31.6 Å². The number of sulfonamides is 1. The highest BCUT2D eigenvalue weighted by Gasteiger charge is 2.26. The first kappa shape index (κ1) is 34.4. The van der Waals surface area contributed by atoms with Crippen molar-refractivity contribution in [1.82, 2.24) is 24.5 Å². The van der Waals surface area contributed by atoms with Crippen LogP contribution in [-0.4, -0.2) is 68.0 Å². The summed E-state index contributed by atoms with van der Waals surface area (Å²) in [4.78, 5) is 52.1. The van der Waals surface area contributed by atoms with Crippen LogP contribution in [0.15, 0.2) is 70.3 Å². The molecule has 17 heteroatoms. The molecule has 2 N–H and O–H groups in total. The molecule has 0 aliphatic heterocycles. The van der Waals surface area contributed by atoms with Crippen LogP contribution in [0.2, 0.25) is 0 Å². The van der Waals surface area contributed by atoms with Crippen LogP contribution in [0.25, 0.3) is 26.5 Å². The Morgan fingerprint density at radius 1 is 0.979 bits per heavy atom. The molecule has 0 atom stereocenters. The first-order valence-corrected chi connectivity index (χ1v) is 16.9. The molecule has 5 aromatic rings. The van der Waals surface area contributed by atoms with Gasteiger partial charge in [0.25, 0.3) is 5.56 Å². The van der Waals surface area contributed by atoms with Crippen molar-refractivity contribution in [2.24, 2.45) is 0 Å². The first-order valence-electron chi connectivity index (χ1n) is 14.2. The van der Waals surface area contributed by atoms with E-state index in [1.807, 2.05) is 4.90 Å². The molecule has 3 aromatic heterocycles. The van der Waals surface area contributed by atoms with Gasteiger partial charge in [-0.2, -0.15) is 0 Å². The summed E-state index contributed by atoms with van der Waals surface area (Å²) < 4.78 is 57.2. The van der Waals surface area contributed by atoms with Gasteiger partial charge >= 0.3 is 11.7 Å². The van der Waals surface area contributed by atoms with Gasteiger partial charge in [0.15, 0.2) is 0 Å². The molecular weight excluding hydrogens is 669 g/mol. The Morgan fingerprint density at radius 2 is 1.62 bits per heavy atom. The van der Waals surface area contributed by atoms with Crippen molar-refractivity contribution in [3.63, 3.8) is 0 Å². The summed E-state index contributed by atoms with van der Waals surface area (Å²) in [6.07, 6.45) is 0.979. The van der Waals surface area contributed by atoms with Crippen molar-refractivity contribution < 1.29 is 26.8 Å². The number of nitrogens with one attached hydrogen (secondary N) is 2. The lowest BCUT2D eigenvalue weighted by molar-refractivity contribution is 0.114. The van der Waals surface area contributed by atoms with E-state index in [0.29, 0.717) is 21.7 Å². The van der Waals surface area contributed by atoms with E-state index in [0.717, 1.165) is 43.2 Å². The van der Waals surface area contributed by atoms with Crippen LogP contribution in [0.3, 0.4) is 0 Å². The Balaban J connectivity index is 1.82. The minimum atomic E-state index is -3.75. The fourth-order valence-electron chi connectivity index (χ4n) is 4.99. The number of hydrogen-bond donors (Lipinski definition) is 2. The topological polar surface area (TPSA) is 148 Å². The Hall–Kier alpha value is -4.97. The van der Waals surface area contributed by atoms with Crippen molar-refractivity contribution in [2.45, 2.75) is 13.1 Å². The lowest BCUT2D eigenvalue weighted by Gasteiger charge is -2.17. The van der Waals surface area contributed by atoms with Gasteiger partial charge in [0, 0.05) is 29.7 Å². The molecule has 48 heavy (non-hydrogen) atoms. The van der Waals surface area contributed by atoms with Crippen molar-refractivity contribution in [3.8, 4) is 16.3 Å². The van der Waals surface area contributed by atoms with Gasteiger partial charge in [0.05, 0.1) is 25.3 Å². The first-order chi connectivity index (χ1) is 22.7. The molecule has 0 radical (unpaired) electrons. The van der Waals surface area contributed by atoms with Gasteiger partial charge < -0.3 is 10.2 Å². The van der Waals surface area contributed by atoms with Gasteiger partial charge in [-0.1, -0.05) is 24.3 Å². The zero-order valence-electron chi connectivity index (χ0n) is 26.4. The number of anilines is 2. The van der Waals surface area contributed by atoms with Crippen LogP contribution < -0.4 is 26.4 Å². The van der Waals surface area contributed by atoms with Crippen LogP contribution in [0.1, 0.15) is 11.1 Å². The molecule has 0 aliphatic carbocycles. The second-order valence-corrected chi connectivity index (χ2v) is 14.0. The number of halogens is 2. The maximum atomic E-state index is 15.0. The zero-order valence-corrected chi connectivity index (χ0v) is 28.1. The van der Waals surface area contributed by atoms with Crippen molar-refractivity contribution in [3.05, 3.63) is 104 Å². The second kappa shape index (κ2) is 13.6. The van der Waals surface area contributed by atoms with Crippen LogP contribution in [0.4, 0.5) is 25.1 Å². The molecule has 0 saturated carbocycles. The summed E-state index contributed by atoms with van der Waals surface area (Å²) in [5.74, 6) is -2.00. The molecule has 0 aliphatic rings. The summed E-state index contributed by atoms with van der Waals surface area (Å²) in [5, 5.41) is 2.72. The Morgan fingerprint density at radius 3 is 2.23 bits per heavy atom. The number of thiophene rings is 1. The largest absolute Gasteiger partial charge is 0.343 e. The van der Waals surface area contributed by atoms with E-state index < -0.39 is 51.0 Å². The van der Waals surface area contributed by atoms with E-state index in [1.165, 1.54) is 38.4 Å². The SMILES string of the molecule is CONC(=O)Nc1ccc(-c2sc3c(c2CN(C)C)c(=O)n(-c2cccc(N(C)S(C)(=O)=O)n2)c(=O)n3Cc2c(F)cccc2F)cc1. The number of rotatable bonds is 10. The molecule has 13 nitrogen and oxygen atoms in total.